The Morgan fingerprint density at radius 2 is 0.809 bits per heavy atom. The molecule has 0 radical (unpaired) electrons. The molecule has 47 heavy (non-hydrogen) atoms. The minimum atomic E-state index is -0.0735. The van der Waals surface area contributed by atoms with E-state index in [-0.39, 0.29) is 24.3 Å². The van der Waals surface area contributed by atoms with Crippen molar-refractivity contribution in [2.45, 2.75) is 73.1 Å². The lowest BCUT2D eigenvalue weighted by molar-refractivity contribution is 0.442. The first-order chi connectivity index (χ1) is 22.3. The van der Waals surface area contributed by atoms with E-state index < -0.39 is 0 Å². The van der Waals surface area contributed by atoms with E-state index in [1.54, 1.807) is 0 Å². The predicted octanol–water partition coefficient (Wildman–Crippen LogP) is 6.66. The zero-order chi connectivity index (χ0) is 32.7. The van der Waals surface area contributed by atoms with Gasteiger partial charge in [-0.2, -0.15) is 0 Å². The molecule has 0 saturated heterocycles. The summed E-state index contributed by atoms with van der Waals surface area (Å²) in [5, 5.41) is 0. The second-order valence-electron chi connectivity index (χ2n) is 16.0. The van der Waals surface area contributed by atoms with Gasteiger partial charge in [-0.3, -0.25) is 0 Å². The predicted molar refractivity (Wildman–Crippen MR) is 193 cm³/mol. The second-order valence-corrected chi connectivity index (χ2v) is 16.0. The summed E-state index contributed by atoms with van der Waals surface area (Å²) in [6, 6.07) is 24.4. The van der Waals surface area contributed by atoms with E-state index in [1.807, 2.05) is 0 Å². The van der Waals surface area contributed by atoms with Crippen molar-refractivity contribution in [3.05, 3.63) is 94.5 Å². The van der Waals surface area contributed by atoms with E-state index in [2.05, 4.69) is 129 Å². The molecule has 232 valence electrons. The van der Waals surface area contributed by atoms with Crippen molar-refractivity contribution in [1.82, 2.24) is 0 Å². The van der Waals surface area contributed by atoms with E-state index in [0.717, 1.165) is 84.3 Å². The normalized spacial score (nSPS) is 14.7. The molecule has 0 atom stereocenters. The van der Waals surface area contributed by atoms with Crippen molar-refractivity contribution >= 4 is 46.2 Å². The monoisotopic (exact) mass is 616 g/mol. The zero-order valence-corrected chi connectivity index (χ0v) is 28.6. The smallest absolute Gasteiger partial charge is 0.260 e. The molecule has 4 aliphatic heterocycles. The fraction of sp³-hybridized carbons (Fsp3) is 0.268. The van der Waals surface area contributed by atoms with Gasteiger partial charge in [0.25, 0.3) is 13.4 Å². The summed E-state index contributed by atoms with van der Waals surface area (Å²) < 4.78 is 27.3. The van der Waals surface area contributed by atoms with Crippen LogP contribution < -0.4 is 51.7 Å². The average molecular weight is 616 g/mol. The van der Waals surface area contributed by atoms with Crippen molar-refractivity contribution < 1.29 is 18.9 Å². The highest BCUT2D eigenvalue weighted by Gasteiger charge is 2.46. The van der Waals surface area contributed by atoms with Crippen LogP contribution in [0, 0.1) is 20.8 Å². The van der Waals surface area contributed by atoms with Crippen molar-refractivity contribution in [1.29, 1.82) is 0 Å². The standard InChI is InChI=1S/C41H38B2O4/c1-21-10-12-26-30(14-21)44-32-16-24(40(4,5)6)18-34-36(32)42(26)28-20-29-39(23(3)38(28)46-34)47-35-19-25(41(7,8)9)17-33-37(35)43(29)27-13-11-22(2)15-31(27)45-33/h10-20H,1-9H3. The van der Waals surface area contributed by atoms with E-state index in [1.165, 1.54) is 22.3 Å². The number of ether oxygens (including phenoxy) is 4. The topological polar surface area (TPSA) is 36.9 Å². The highest BCUT2D eigenvalue weighted by atomic mass is 16.5. The Morgan fingerprint density at radius 3 is 1.19 bits per heavy atom. The minimum absolute atomic E-state index is 0.0346. The summed E-state index contributed by atoms with van der Waals surface area (Å²) in [5.41, 5.74) is 12.4. The molecule has 0 saturated carbocycles. The molecule has 0 aliphatic carbocycles. The third-order valence-electron chi connectivity index (χ3n) is 10.5. The maximum Gasteiger partial charge on any atom is 0.260 e. The fourth-order valence-corrected chi connectivity index (χ4v) is 7.86. The van der Waals surface area contributed by atoms with Crippen molar-refractivity contribution in [2.24, 2.45) is 0 Å². The van der Waals surface area contributed by atoms with Crippen molar-refractivity contribution in [3.63, 3.8) is 0 Å². The molecule has 0 spiro atoms. The van der Waals surface area contributed by atoms with Crippen LogP contribution in [0.2, 0.25) is 0 Å². The molecule has 0 N–H and O–H groups in total. The highest BCUT2D eigenvalue weighted by molar-refractivity contribution is 7.01. The first-order valence-electron chi connectivity index (χ1n) is 16.7. The van der Waals surface area contributed by atoms with E-state index >= 15 is 0 Å². The van der Waals surface area contributed by atoms with E-state index in [9.17, 15) is 0 Å². The molecular weight excluding hydrogens is 578 g/mol. The highest BCUT2D eigenvalue weighted by Crippen LogP contribution is 2.44. The number of hydrogen-bond donors (Lipinski definition) is 0. The van der Waals surface area contributed by atoms with Gasteiger partial charge in [-0.15, -0.1) is 0 Å². The van der Waals surface area contributed by atoms with Crippen LogP contribution in [0.5, 0.6) is 46.0 Å². The maximum atomic E-state index is 6.97. The van der Waals surface area contributed by atoms with Gasteiger partial charge in [-0.05, 0) is 112 Å². The second kappa shape index (κ2) is 9.28. The fourth-order valence-electron chi connectivity index (χ4n) is 7.86. The zero-order valence-electron chi connectivity index (χ0n) is 28.6. The minimum Gasteiger partial charge on any atom is -0.458 e. The molecule has 4 heterocycles. The number of benzene rings is 5. The summed E-state index contributed by atoms with van der Waals surface area (Å²) in [5.74, 6) is 7.04. The summed E-state index contributed by atoms with van der Waals surface area (Å²) in [6.45, 7) is 19.7. The van der Waals surface area contributed by atoms with Crippen molar-refractivity contribution in [2.75, 3.05) is 0 Å². The summed E-state index contributed by atoms with van der Waals surface area (Å²) in [4.78, 5) is 0. The number of rotatable bonds is 0. The number of aryl methyl sites for hydroxylation is 2. The molecule has 0 amide bonds. The van der Waals surface area contributed by atoms with Crippen LogP contribution in [0.4, 0.5) is 0 Å². The SMILES string of the molecule is Cc1ccc2c(c1)Oc1cc(C(C)(C)C)cc3c1B2c1cc2c(c(C)c1O3)Oc1cc(C(C)(C)C)cc3c1B2c1ccc(C)cc1O3. The van der Waals surface area contributed by atoms with Crippen LogP contribution >= 0.6 is 0 Å². The van der Waals surface area contributed by atoms with Gasteiger partial charge < -0.3 is 18.9 Å². The Labute approximate surface area is 278 Å². The maximum absolute atomic E-state index is 6.97. The summed E-state index contributed by atoms with van der Waals surface area (Å²) >= 11 is 0. The molecule has 4 nitrogen and oxygen atoms in total. The largest absolute Gasteiger partial charge is 0.458 e. The van der Waals surface area contributed by atoms with Crippen LogP contribution in [0.15, 0.2) is 66.7 Å². The van der Waals surface area contributed by atoms with Gasteiger partial charge in [0.05, 0.1) is 0 Å². The Morgan fingerprint density at radius 1 is 0.426 bits per heavy atom. The van der Waals surface area contributed by atoms with Gasteiger partial charge in [0.2, 0.25) is 0 Å². The first-order valence-corrected chi connectivity index (χ1v) is 16.7. The molecule has 9 rings (SSSR count). The Bertz CT molecular complexity index is 2070. The van der Waals surface area contributed by atoms with Crippen LogP contribution in [0.1, 0.15) is 69.4 Å². The van der Waals surface area contributed by atoms with Gasteiger partial charge in [0.1, 0.15) is 46.0 Å². The average Bonchev–Trinajstić information content (AvgIpc) is 3.00. The molecule has 0 unspecified atom stereocenters. The Hall–Kier alpha value is -4.57. The number of hydrogen-bond acceptors (Lipinski definition) is 4. The van der Waals surface area contributed by atoms with Crippen LogP contribution in [-0.2, 0) is 10.8 Å². The molecule has 5 aromatic carbocycles. The molecule has 4 aliphatic rings. The lowest BCUT2D eigenvalue weighted by atomic mass is 9.31. The van der Waals surface area contributed by atoms with Gasteiger partial charge in [0, 0.05) is 16.5 Å². The van der Waals surface area contributed by atoms with Gasteiger partial charge in [-0.1, -0.05) is 71.9 Å². The summed E-state index contributed by atoms with van der Waals surface area (Å²) in [7, 11) is 0. The van der Waals surface area contributed by atoms with Gasteiger partial charge >= 0.3 is 0 Å². The van der Waals surface area contributed by atoms with Crippen LogP contribution in [0.25, 0.3) is 0 Å². The van der Waals surface area contributed by atoms with E-state index in [4.69, 9.17) is 18.9 Å². The van der Waals surface area contributed by atoms with Crippen LogP contribution in [0.3, 0.4) is 0 Å². The molecule has 0 aromatic heterocycles. The molecule has 0 bridgehead atoms. The number of fused-ring (bicyclic) bond motifs is 8. The molecule has 6 heteroatoms. The molecule has 5 aromatic rings. The van der Waals surface area contributed by atoms with Gasteiger partial charge in [-0.25, -0.2) is 0 Å². The Kier molecular flexibility index (Phi) is 5.65. The summed E-state index contributed by atoms with van der Waals surface area (Å²) in [6.07, 6.45) is 0. The molecular formula is C41H38B2O4. The van der Waals surface area contributed by atoms with Crippen molar-refractivity contribution in [3.8, 4) is 46.0 Å². The van der Waals surface area contributed by atoms with E-state index in [0.29, 0.717) is 0 Å². The quantitative estimate of drug-likeness (QED) is 0.179. The first kappa shape index (κ1) is 28.6. The van der Waals surface area contributed by atoms with Crippen LogP contribution in [-0.4, -0.2) is 13.4 Å². The lowest BCUT2D eigenvalue weighted by Gasteiger charge is -2.38. The van der Waals surface area contributed by atoms with Gasteiger partial charge in [0.15, 0.2) is 0 Å². The third-order valence-corrected chi connectivity index (χ3v) is 10.5. The molecule has 0 fully saturated rings. The third kappa shape index (κ3) is 4.09. The Balaban J connectivity index is 1.33. The lowest BCUT2D eigenvalue weighted by Crippen LogP contribution is -2.62.